The number of carbonyl (C=O) groups excluding carboxylic acids is 2. The molecule has 1 aromatic rings. The summed E-state index contributed by atoms with van der Waals surface area (Å²) in [5.41, 5.74) is 0.431. The number of nitrogens with one attached hydrogen (secondary N) is 2. The lowest BCUT2D eigenvalue weighted by molar-refractivity contribution is -0.118. The van der Waals surface area contributed by atoms with Gasteiger partial charge in [0.2, 0.25) is 5.91 Å². The van der Waals surface area contributed by atoms with Crippen LogP contribution in [0.1, 0.15) is 22.3 Å². The number of aryl methyl sites for hydroxylation is 1. The summed E-state index contributed by atoms with van der Waals surface area (Å²) in [4.78, 5) is 23.0. The SMILES string of the molecule is CC(=O)NCCNC(=O)c1cc(C)sn1. The van der Waals surface area contributed by atoms with Crippen molar-refractivity contribution in [3.8, 4) is 0 Å². The molecule has 0 saturated carbocycles. The smallest absolute Gasteiger partial charge is 0.271 e. The van der Waals surface area contributed by atoms with Crippen molar-refractivity contribution in [3.63, 3.8) is 0 Å². The molecule has 0 unspecified atom stereocenters. The Morgan fingerprint density at radius 1 is 1.40 bits per heavy atom. The van der Waals surface area contributed by atoms with Crippen LogP contribution in [-0.2, 0) is 4.79 Å². The topological polar surface area (TPSA) is 71.1 Å². The highest BCUT2D eigenvalue weighted by molar-refractivity contribution is 7.05. The van der Waals surface area contributed by atoms with Crippen molar-refractivity contribution in [3.05, 3.63) is 16.6 Å². The Labute approximate surface area is 92.0 Å². The van der Waals surface area contributed by atoms with Gasteiger partial charge in [0.15, 0.2) is 0 Å². The van der Waals surface area contributed by atoms with Gasteiger partial charge in [-0.15, -0.1) is 0 Å². The lowest BCUT2D eigenvalue weighted by atomic mass is 10.3. The maximum atomic E-state index is 11.4. The fraction of sp³-hybridized carbons (Fsp3) is 0.444. The monoisotopic (exact) mass is 227 g/mol. The molecule has 0 atom stereocenters. The predicted molar refractivity (Wildman–Crippen MR) is 57.9 cm³/mol. The van der Waals surface area contributed by atoms with E-state index < -0.39 is 0 Å². The van der Waals surface area contributed by atoms with Crippen molar-refractivity contribution < 1.29 is 9.59 Å². The minimum atomic E-state index is -0.204. The summed E-state index contributed by atoms with van der Waals surface area (Å²) >= 11 is 1.30. The predicted octanol–water partition coefficient (Wildman–Crippen LogP) is 0.317. The van der Waals surface area contributed by atoms with E-state index in [4.69, 9.17) is 0 Å². The summed E-state index contributed by atoms with van der Waals surface area (Å²) in [7, 11) is 0. The number of hydrogen-bond donors (Lipinski definition) is 2. The normalized spacial score (nSPS) is 9.73. The van der Waals surface area contributed by atoms with Gasteiger partial charge >= 0.3 is 0 Å². The van der Waals surface area contributed by atoms with Gasteiger partial charge < -0.3 is 10.6 Å². The molecule has 0 spiro atoms. The second-order valence-electron chi connectivity index (χ2n) is 3.06. The third-order valence-electron chi connectivity index (χ3n) is 1.65. The molecule has 1 rings (SSSR count). The van der Waals surface area contributed by atoms with Gasteiger partial charge in [-0.1, -0.05) is 0 Å². The maximum Gasteiger partial charge on any atom is 0.271 e. The molecule has 1 heterocycles. The van der Waals surface area contributed by atoms with Crippen LogP contribution in [0.5, 0.6) is 0 Å². The zero-order chi connectivity index (χ0) is 11.3. The van der Waals surface area contributed by atoms with E-state index in [0.717, 1.165) is 4.88 Å². The van der Waals surface area contributed by atoms with Crippen molar-refractivity contribution in [2.75, 3.05) is 13.1 Å². The summed E-state index contributed by atoms with van der Waals surface area (Å²) < 4.78 is 3.97. The number of carbonyl (C=O) groups is 2. The molecule has 0 radical (unpaired) electrons. The summed E-state index contributed by atoms with van der Waals surface area (Å²) in [5.74, 6) is -0.307. The number of nitrogens with zero attached hydrogens (tertiary/aromatic N) is 1. The number of aromatic nitrogens is 1. The van der Waals surface area contributed by atoms with E-state index in [2.05, 4.69) is 15.0 Å². The minimum Gasteiger partial charge on any atom is -0.355 e. The molecule has 0 aliphatic heterocycles. The Morgan fingerprint density at radius 2 is 2.07 bits per heavy atom. The van der Waals surface area contributed by atoms with Gasteiger partial charge in [0.1, 0.15) is 5.69 Å². The Kier molecular flexibility index (Phi) is 4.23. The highest BCUT2D eigenvalue weighted by Crippen LogP contribution is 2.07. The molecule has 1 aromatic heterocycles. The van der Waals surface area contributed by atoms with Gasteiger partial charge in [-0.25, -0.2) is 0 Å². The van der Waals surface area contributed by atoms with E-state index in [9.17, 15) is 9.59 Å². The quantitative estimate of drug-likeness (QED) is 0.728. The molecule has 0 aliphatic carbocycles. The maximum absolute atomic E-state index is 11.4. The lowest BCUT2D eigenvalue weighted by Crippen LogP contribution is -2.33. The first kappa shape index (κ1) is 11.6. The molecule has 6 heteroatoms. The van der Waals surface area contributed by atoms with E-state index in [1.165, 1.54) is 18.5 Å². The average Bonchev–Trinajstić information content (AvgIpc) is 2.59. The van der Waals surface area contributed by atoms with Crippen LogP contribution >= 0.6 is 11.5 Å². The number of hydrogen-bond acceptors (Lipinski definition) is 4. The largest absolute Gasteiger partial charge is 0.355 e. The van der Waals surface area contributed by atoms with Crippen LogP contribution in [0.25, 0.3) is 0 Å². The summed E-state index contributed by atoms with van der Waals surface area (Å²) in [6, 6.07) is 1.73. The van der Waals surface area contributed by atoms with Gasteiger partial charge in [-0.05, 0) is 24.5 Å². The van der Waals surface area contributed by atoms with Crippen LogP contribution in [0, 0.1) is 6.92 Å². The number of amides is 2. The Morgan fingerprint density at radius 3 is 2.60 bits per heavy atom. The zero-order valence-corrected chi connectivity index (χ0v) is 9.48. The molecular formula is C9H13N3O2S. The molecule has 2 amide bonds. The standard InChI is InChI=1S/C9H13N3O2S/c1-6-5-8(12-15-6)9(14)11-4-3-10-7(2)13/h5H,3-4H2,1-2H3,(H,10,13)(H,11,14). The van der Waals surface area contributed by atoms with Crippen LogP contribution in [0.3, 0.4) is 0 Å². The highest BCUT2D eigenvalue weighted by Gasteiger charge is 2.07. The summed E-state index contributed by atoms with van der Waals surface area (Å²) in [6.07, 6.45) is 0. The van der Waals surface area contributed by atoms with E-state index in [1.807, 2.05) is 6.92 Å². The first-order valence-electron chi connectivity index (χ1n) is 4.55. The van der Waals surface area contributed by atoms with Crippen molar-refractivity contribution in [1.82, 2.24) is 15.0 Å². The van der Waals surface area contributed by atoms with E-state index in [-0.39, 0.29) is 11.8 Å². The second-order valence-corrected chi connectivity index (χ2v) is 4.07. The Bertz CT molecular complexity index is 362. The third-order valence-corrected chi connectivity index (χ3v) is 2.34. The van der Waals surface area contributed by atoms with Crippen LogP contribution in [0.4, 0.5) is 0 Å². The molecule has 15 heavy (non-hydrogen) atoms. The molecule has 0 saturated heterocycles. The van der Waals surface area contributed by atoms with Gasteiger partial charge in [0.25, 0.3) is 5.91 Å². The van der Waals surface area contributed by atoms with E-state index >= 15 is 0 Å². The van der Waals surface area contributed by atoms with Crippen molar-refractivity contribution in [2.24, 2.45) is 0 Å². The fourth-order valence-corrected chi connectivity index (χ4v) is 1.52. The van der Waals surface area contributed by atoms with Crippen LogP contribution in [0.2, 0.25) is 0 Å². The molecule has 0 bridgehead atoms. The van der Waals surface area contributed by atoms with Crippen molar-refractivity contribution in [1.29, 1.82) is 0 Å². The lowest BCUT2D eigenvalue weighted by Gasteiger charge is -2.03. The Hall–Kier alpha value is -1.43. The first-order valence-corrected chi connectivity index (χ1v) is 5.33. The Balaban J connectivity index is 2.28. The molecule has 0 aliphatic rings. The summed E-state index contributed by atoms with van der Waals surface area (Å²) in [6.45, 7) is 4.18. The van der Waals surface area contributed by atoms with Crippen LogP contribution < -0.4 is 10.6 Å². The van der Waals surface area contributed by atoms with Gasteiger partial charge in [0.05, 0.1) is 0 Å². The van der Waals surface area contributed by atoms with Crippen LogP contribution in [0.15, 0.2) is 6.07 Å². The second kappa shape index (κ2) is 5.45. The molecule has 82 valence electrons. The van der Waals surface area contributed by atoms with Gasteiger partial charge in [-0.3, -0.25) is 9.59 Å². The highest BCUT2D eigenvalue weighted by atomic mass is 32.1. The molecule has 0 aromatic carbocycles. The van der Waals surface area contributed by atoms with E-state index in [0.29, 0.717) is 18.8 Å². The van der Waals surface area contributed by atoms with Gasteiger partial charge in [0, 0.05) is 24.9 Å². The molecule has 2 N–H and O–H groups in total. The van der Waals surface area contributed by atoms with Gasteiger partial charge in [-0.2, -0.15) is 4.37 Å². The average molecular weight is 227 g/mol. The molecular weight excluding hydrogens is 214 g/mol. The first-order chi connectivity index (χ1) is 7.09. The fourth-order valence-electron chi connectivity index (χ4n) is 0.979. The molecule has 5 nitrogen and oxygen atoms in total. The van der Waals surface area contributed by atoms with Crippen molar-refractivity contribution in [2.45, 2.75) is 13.8 Å². The van der Waals surface area contributed by atoms with Crippen LogP contribution in [-0.4, -0.2) is 29.3 Å². The zero-order valence-electron chi connectivity index (χ0n) is 8.66. The number of rotatable bonds is 4. The minimum absolute atomic E-state index is 0.103. The molecule has 0 fully saturated rings. The third kappa shape index (κ3) is 4.07. The van der Waals surface area contributed by atoms with Crippen molar-refractivity contribution >= 4 is 23.3 Å². The van der Waals surface area contributed by atoms with E-state index in [1.54, 1.807) is 6.07 Å². The summed E-state index contributed by atoms with van der Waals surface area (Å²) in [5, 5.41) is 5.24.